The number of carbonyl (C=O) groups excluding carboxylic acids is 1. The van der Waals surface area contributed by atoms with Gasteiger partial charge in [0, 0.05) is 15.7 Å². The molecule has 3 rings (SSSR count). The molecule has 0 saturated carbocycles. The van der Waals surface area contributed by atoms with Crippen LogP contribution in [0.3, 0.4) is 0 Å². The second kappa shape index (κ2) is 10.1. The minimum atomic E-state index is -0.430. The molecule has 0 amide bonds. The predicted molar refractivity (Wildman–Crippen MR) is 128 cm³/mol. The number of hydrogen-bond donors (Lipinski definition) is 2. The molecular formula is C23H20BrN3O2S. The van der Waals surface area contributed by atoms with E-state index >= 15 is 0 Å². The number of esters is 1. The fraction of sp³-hybridized carbons (Fsp3) is 0.0870. The molecule has 0 aliphatic carbocycles. The number of nitrogens with one attached hydrogen (secondary N) is 2. The minimum Gasteiger partial charge on any atom is -0.422 e. The molecular weight excluding hydrogens is 462 g/mol. The molecule has 0 fully saturated rings. The fourth-order valence-electron chi connectivity index (χ4n) is 2.69. The summed E-state index contributed by atoms with van der Waals surface area (Å²) < 4.78 is 6.41. The fourth-order valence-corrected chi connectivity index (χ4v) is 3.24. The predicted octanol–water partition coefficient (Wildman–Crippen LogP) is 5.61. The quantitative estimate of drug-likeness (QED) is 0.163. The first-order valence-electron chi connectivity index (χ1n) is 9.16. The molecule has 0 bridgehead atoms. The number of thiocarbonyl (C=S) groups is 1. The van der Waals surface area contributed by atoms with Gasteiger partial charge in [0.2, 0.25) is 0 Å². The Morgan fingerprint density at radius 3 is 2.50 bits per heavy atom. The Balaban J connectivity index is 1.68. The second-order valence-corrected chi connectivity index (χ2v) is 7.96. The van der Waals surface area contributed by atoms with Crippen LogP contribution in [0.4, 0.5) is 5.69 Å². The molecule has 3 aromatic rings. The lowest BCUT2D eigenvalue weighted by atomic mass is 10.1. The first kappa shape index (κ1) is 21.7. The Morgan fingerprint density at radius 2 is 1.77 bits per heavy atom. The van der Waals surface area contributed by atoms with Crippen molar-refractivity contribution >= 4 is 51.1 Å². The van der Waals surface area contributed by atoms with E-state index in [1.165, 1.54) is 0 Å². The average Bonchev–Trinajstić information content (AvgIpc) is 2.70. The average molecular weight is 482 g/mol. The van der Waals surface area contributed by atoms with Crippen LogP contribution in [0.15, 0.2) is 76.3 Å². The van der Waals surface area contributed by atoms with Gasteiger partial charge in [-0.2, -0.15) is 5.10 Å². The number of aryl methyl sites for hydroxylation is 2. The van der Waals surface area contributed by atoms with Gasteiger partial charge in [-0.25, -0.2) is 4.79 Å². The van der Waals surface area contributed by atoms with Crippen molar-refractivity contribution in [1.82, 2.24) is 5.43 Å². The number of rotatable bonds is 5. The van der Waals surface area contributed by atoms with Crippen LogP contribution >= 0.6 is 28.1 Å². The highest BCUT2D eigenvalue weighted by atomic mass is 79.9. The zero-order valence-electron chi connectivity index (χ0n) is 16.5. The number of carbonyl (C=O) groups is 1. The Bertz CT molecular complexity index is 1120. The SMILES string of the molecule is Cc1cccc(NC(=S)NN=Cc2cc(Br)ccc2OC(=O)c2cccc(C)c2)c1. The van der Waals surface area contributed by atoms with Gasteiger partial charge < -0.3 is 10.1 Å². The molecule has 0 aliphatic rings. The highest BCUT2D eigenvalue weighted by Gasteiger charge is 2.11. The maximum absolute atomic E-state index is 12.5. The zero-order valence-corrected chi connectivity index (χ0v) is 18.9. The number of nitrogens with zero attached hydrogens (tertiary/aromatic N) is 1. The van der Waals surface area contributed by atoms with E-state index in [-0.39, 0.29) is 0 Å². The summed E-state index contributed by atoms with van der Waals surface area (Å²) in [6.45, 7) is 3.93. The summed E-state index contributed by atoms with van der Waals surface area (Å²) in [4.78, 5) is 12.5. The monoisotopic (exact) mass is 481 g/mol. The smallest absolute Gasteiger partial charge is 0.343 e. The standard InChI is InChI=1S/C23H20BrN3O2S/c1-15-5-3-7-17(11-15)22(28)29-21-10-9-19(24)13-18(21)14-25-27-23(30)26-20-8-4-6-16(2)12-20/h3-14H,1-2H3,(H2,26,27,30). The van der Waals surface area contributed by atoms with Gasteiger partial charge in [-0.3, -0.25) is 5.43 Å². The highest BCUT2D eigenvalue weighted by molar-refractivity contribution is 9.10. The molecule has 5 nitrogen and oxygen atoms in total. The summed E-state index contributed by atoms with van der Waals surface area (Å²) >= 11 is 8.70. The lowest BCUT2D eigenvalue weighted by Crippen LogP contribution is -2.23. The normalized spacial score (nSPS) is 10.6. The Morgan fingerprint density at radius 1 is 1.03 bits per heavy atom. The van der Waals surface area contributed by atoms with Gasteiger partial charge in [0.05, 0.1) is 11.8 Å². The molecule has 0 spiro atoms. The van der Waals surface area contributed by atoms with Gasteiger partial charge in [-0.15, -0.1) is 0 Å². The van der Waals surface area contributed by atoms with Gasteiger partial charge in [0.15, 0.2) is 5.11 Å². The van der Waals surface area contributed by atoms with Crippen LogP contribution in [-0.4, -0.2) is 17.3 Å². The Labute approximate surface area is 189 Å². The largest absolute Gasteiger partial charge is 0.422 e. The van der Waals surface area contributed by atoms with E-state index < -0.39 is 5.97 Å². The number of ether oxygens (including phenoxy) is 1. The number of hydrogen-bond acceptors (Lipinski definition) is 4. The maximum atomic E-state index is 12.5. The van der Waals surface area contributed by atoms with Crippen molar-refractivity contribution < 1.29 is 9.53 Å². The van der Waals surface area contributed by atoms with E-state index in [0.29, 0.717) is 22.0 Å². The highest BCUT2D eigenvalue weighted by Crippen LogP contribution is 2.23. The second-order valence-electron chi connectivity index (χ2n) is 6.63. The third-order valence-electron chi connectivity index (χ3n) is 4.07. The van der Waals surface area contributed by atoms with E-state index in [1.54, 1.807) is 36.5 Å². The van der Waals surface area contributed by atoms with Crippen LogP contribution < -0.4 is 15.5 Å². The zero-order chi connectivity index (χ0) is 21.5. The van der Waals surface area contributed by atoms with Gasteiger partial charge in [0.1, 0.15) is 5.75 Å². The first-order chi connectivity index (χ1) is 14.4. The summed E-state index contributed by atoms with van der Waals surface area (Å²) in [6, 6.07) is 20.4. The molecule has 0 atom stereocenters. The van der Waals surface area contributed by atoms with Gasteiger partial charge >= 0.3 is 5.97 Å². The van der Waals surface area contributed by atoms with Crippen molar-refractivity contribution in [2.24, 2.45) is 5.10 Å². The first-order valence-corrected chi connectivity index (χ1v) is 10.4. The van der Waals surface area contributed by atoms with Crippen LogP contribution in [0.2, 0.25) is 0 Å². The van der Waals surface area contributed by atoms with Crippen LogP contribution in [0.1, 0.15) is 27.0 Å². The molecule has 3 aromatic carbocycles. The number of halogens is 1. The van der Waals surface area contributed by atoms with Crippen molar-refractivity contribution in [3.63, 3.8) is 0 Å². The van der Waals surface area contributed by atoms with E-state index in [2.05, 4.69) is 31.8 Å². The van der Waals surface area contributed by atoms with Gasteiger partial charge in [-0.1, -0.05) is 45.8 Å². The molecule has 7 heteroatoms. The van der Waals surface area contributed by atoms with Crippen LogP contribution in [-0.2, 0) is 0 Å². The third kappa shape index (κ3) is 6.23. The van der Waals surface area contributed by atoms with E-state index in [4.69, 9.17) is 17.0 Å². The summed E-state index contributed by atoms with van der Waals surface area (Å²) in [5, 5.41) is 7.58. The molecule has 152 valence electrons. The topological polar surface area (TPSA) is 62.7 Å². The van der Waals surface area contributed by atoms with Crippen LogP contribution in [0.5, 0.6) is 5.75 Å². The van der Waals surface area contributed by atoms with E-state index in [9.17, 15) is 4.79 Å². The van der Waals surface area contributed by atoms with E-state index in [1.807, 2.05) is 50.2 Å². The number of hydrazone groups is 1. The van der Waals surface area contributed by atoms with Crippen molar-refractivity contribution in [2.75, 3.05) is 5.32 Å². The van der Waals surface area contributed by atoms with Gasteiger partial charge in [0.25, 0.3) is 0 Å². The Kier molecular flexibility index (Phi) is 7.32. The molecule has 0 aromatic heterocycles. The molecule has 0 heterocycles. The summed E-state index contributed by atoms with van der Waals surface area (Å²) in [5.41, 5.74) is 6.87. The number of anilines is 1. The third-order valence-corrected chi connectivity index (χ3v) is 4.76. The minimum absolute atomic E-state index is 0.352. The lowest BCUT2D eigenvalue weighted by molar-refractivity contribution is 0.0734. The molecule has 0 unspecified atom stereocenters. The molecule has 0 radical (unpaired) electrons. The molecule has 0 saturated heterocycles. The summed E-state index contributed by atoms with van der Waals surface area (Å²) in [5.74, 6) is -0.0342. The Hall–Kier alpha value is -3.03. The van der Waals surface area contributed by atoms with E-state index in [0.717, 1.165) is 21.3 Å². The number of benzene rings is 3. The molecule has 0 aliphatic heterocycles. The lowest BCUT2D eigenvalue weighted by Gasteiger charge is -2.09. The van der Waals surface area contributed by atoms with Crippen LogP contribution in [0, 0.1) is 13.8 Å². The van der Waals surface area contributed by atoms with Crippen molar-refractivity contribution in [2.45, 2.75) is 13.8 Å². The van der Waals surface area contributed by atoms with Gasteiger partial charge in [-0.05, 0) is 74.1 Å². The van der Waals surface area contributed by atoms with Crippen molar-refractivity contribution in [3.8, 4) is 5.75 Å². The maximum Gasteiger partial charge on any atom is 0.343 e. The molecule has 30 heavy (non-hydrogen) atoms. The van der Waals surface area contributed by atoms with Crippen LogP contribution in [0.25, 0.3) is 0 Å². The van der Waals surface area contributed by atoms with Crippen molar-refractivity contribution in [3.05, 3.63) is 93.5 Å². The van der Waals surface area contributed by atoms with Crippen molar-refractivity contribution in [1.29, 1.82) is 0 Å². The summed E-state index contributed by atoms with van der Waals surface area (Å²) in [6.07, 6.45) is 1.55. The molecule has 2 N–H and O–H groups in total. The summed E-state index contributed by atoms with van der Waals surface area (Å²) in [7, 11) is 0.